The Labute approximate surface area is 163 Å². The van der Waals surface area contributed by atoms with Gasteiger partial charge in [0.25, 0.3) is 0 Å². The quantitative estimate of drug-likeness (QED) is 0.599. The molecule has 0 radical (unpaired) electrons. The van der Waals surface area contributed by atoms with Gasteiger partial charge in [0.05, 0.1) is 6.42 Å². The Morgan fingerprint density at radius 3 is 2.54 bits per heavy atom. The largest absolute Gasteiger partial charge is 0.358 e. The van der Waals surface area contributed by atoms with E-state index in [1.54, 1.807) is 18.2 Å². The summed E-state index contributed by atoms with van der Waals surface area (Å²) in [5.74, 6) is -0.761. The van der Waals surface area contributed by atoms with Crippen LogP contribution in [0.3, 0.4) is 0 Å². The molecule has 0 aliphatic carbocycles. The van der Waals surface area contributed by atoms with Gasteiger partial charge in [0.1, 0.15) is 5.82 Å². The first-order valence-corrected chi connectivity index (χ1v) is 9.22. The summed E-state index contributed by atoms with van der Waals surface area (Å²) < 4.78 is 13.6. The molecule has 0 unspecified atom stereocenters. The highest BCUT2D eigenvalue weighted by atomic mass is 19.1. The summed E-state index contributed by atoms with van der Waals surface area (Å²) >= 11 is 0. The first-order chi connectivity index (χ1) is 13.2. The van der Waals surface area contributed by atoms with Crippen molar-refractivity contribution in [3.63, 3.8) is 0 Å². The summed E-state index contributed by atoms with van der Waals surface area (Å²) in [6.45, 7) is 7.39. The van der Waals surface area contributed by atoms with E-state index in [1.165, 1.54) is 12.1 Å². The molecule has 0 bridgehead atoms. The van der Waals surface area contributed by atoms with E-state index in [0.717, 1.165) is 22.3 Å². The summed E-state index contributed by atoms with van der Waals surface area (Å²) in [5.41, 5.74) is 4.56. The van der Waals surface area contributed by atoms with Crippen molar-refractivity contribution in [3.05, 3.63) is 59.0 Å². The SMILES string of the molecule is Cc1ccc(NC(=O)C(C)C)cc1NC(=O)Cc1c(C)[nH]c2ccc(F)cc12. The average molecular weight is 381 g/mol. The molecule has 0 aliphatic rings. The molecule has 0 spiro atoms. The smallest absolute Gasteiger partial charge is 0.228 e. The number of hydrogen-bond donors (Lipinski definition) is 3. The molecule has 3 rings (SSSR count). The summed E-state index contributed by atoms with van der Waals surface area (Å²) in [6, 6.07) is 9.90. The fraction of sp³-hybridized carbons (Fsp3) is 0.273. The Balaban J connectivity index is 1.79. The van der Waals surface area contributed by atoms with Crippen molar-refractivity contribution in [1.29, 1.82) is 0 Å². The van der Waals surface area contributed by atoms with Crippen molar-refractivity contribution < 1.29 is 14.0 Å². The van der Waals surface area contributed by atoms with Crippen LogP contribution in [-0.2, 0) is 16.0 Å². The number of aromatic nitrogens is 1. The first-order valence-electron chi connectivity index (χ1n) is 9.22. The van der Waals surface area contributed by atoms with Crippen molar-refractivity contribution in [1.82, 2.24) is 4.98 Å². The molecule has 0 fully saturated rings. The van der Waals surface area contributed by atoms with Crippen molar-refractivity contribution in [2.75, 3.05) is 10.6 Å². The second-order valence-corrected chi connectivity index (χ2v) is 7.32. The molecule has 6 heteroatoms. The number of aryl methyl sites for hydroxylation is 2. The second-order valence-electron chi connectivity index (χ2n) is 7.32. The minimum Gasteiger partial charge on any atom is -0.358 e. The average Bonchev–Trinajstić information content (AvgIpc) is 2.93. The molecule has 146 valence electrons. The minimum absolute atomic E-state index is 0.0856. The van der Waals surface area contributed by atoms with Crippen molar-refractivity contribution in [2.24, 2.45) is 5.92 Å². The highest BCUT2D eigenvalue weighted by molar-refractivity contribution is 5.98. The van der Waals surface area contributed by atoms with Crippen LogP contribution in [0.5, 0.6) is 0 Å². The van der Waals surface area contributed by atoms with E-state index in [4.69, 9.17) is 0 Å². The van der Waals surface area contributed by atoms with E-state index in [2.05, 4.69) is 15.6 Å². The lowest BCUT2D eigenvalue weighted by molar-refractivity contribution is -0.119. The van der Waals surface area contributed by atoms with Crippen LogP contribution < -0.4 is 10.6 Å². The summed E-state index contributed by atoms with van der Waals surface area (Å²) in [6.07, 6.45) is 0.122. The first kappa shape index (κ1) is 19.6. The van der Waals surface area contributed by atoms with Crippen LogP contribution >= 0.6 is 0 Å². The highest BCUT2D eigenvalue weighted by Gasteiger charge is 2.15. The summed E-state index contributed by atoms with van der Waals surface area (Å²) in [4.78, 5) is 27.7. The van der Waals surface area contributed by atoms with Gasteiger partial charge >= 0.3 is 0 Å². The number of aromatic amines is 1. The molecule has 5 nitrogen and oxygen atoms in total. The normalized spacial score (nSPS) is 11.1. The second kappa shape index (κ2) is 7.84. The van der Waals surface area contributed by atoms with Gasteiger partial charge in [-0.25, -0.2) is 4.39 Å². The number of fused-ring (bicyclic) bond motifs is 1. The van der Waals surface area contributed by atoms with Gasteiger partial charge in [-0.15, -0.1) is 0 Å². The number of halogens is 1. The van der Waals surface area contributed by atoms with Gasteiger partial charge in [-0.05, 0) is 55.3 Å². The fourth-order valence-electron chi connectivity index (χ4n) is 3.06. The van der Waals surface area contributed by atoms with E-state index >= 15 is 0 Å². The highest BCUT2D eigenvalue weighted by Crippen LogP contribution is 2.25. The number of nitrogens with one attached hydrogen (secondary N) is 3. The van der Waals surface area contributed by atoms with E-state index < -0.39 is 0 Å². The molecule has 1 aromatic heterocycles. The van der Waals surface area contributed by atoms with Crippen LogP contribution in [0.25, 0.3) is 10.9 Å². The van der Waals surface area contributed by atoms with Crippen LogP contribution in [0.15, 0.2) is 36.4 Å². The van der Waals surface area contributed by atoms with E-state index in [-0.39, 0.29) is 30.0 Å². The Kier molecular flexibility index (Phi) is 5.49. The zero-order valence-electron chi connectivity index (χ0n) is 16.4. The van der Waals surface area contributed by atoms with Crippen LogP contribution in [0.2, 0.25) is 0 Å². The molecule has 0 saturated heterocycles. The topological polar surface area (TPSA) is 74.0 Å². The number of anilines is 2. The minimum atomic E-state index is -0.336. The van der Waals surface area contributed by atoms with Crippen molar-refractivity contribution >= 4 is 34.1 Å². The Hall–Kier alpha value is -3.15. The summed E-state index contributed by atoms with van der Waals surface area (Å²) in [7, 11) is 0. The third-order valence-electron chi connectivity index (χ3n) is 4.72. The predicted octanol–water partition coefficient (Wildman–Crippen LogP) is 4.70. The lowest BCUT2D eigenvalue weighted by atomic mass is 10.1. The molecule has 2 aromatic carbocycles. The molecule has 1 heterocycles. The molecule has 0 saturated carbocycles. The monoisotopic (exact) mass is 381 g/mol. The van der Waals surface area contributed by atoms with Crippen LogP contribution in [0, 0.1) is 25.6 Å². The number of amides is 2. The Bertz CT molecular complexity index is 1050. The summed E-state index contributed by atoms with van der Waals surface area (Å²) in [5, 5.41) is 6.44. The maximum atomic E-state index is 13.6. The molecule has 0 atom stereocenters. The molecule has 3 N–H and O–H groups in total. The Morgan fingerprint density at radius 2 is 1.82 bits per heavy atom. The van der Waals surface area contributed by atoms with Gasteiger partial charge in [-0.1, -0.05) is 19.9 Å². The van der Waals surface area contributed by atoms with Crippen molar-refractivity contribution in [3.8, 4) is 0 Å². The molecular weight excluding hydrogens is 357 g/mol. The van der Waals surface area contributed by atoms with Crippen LogP contribution in [0.4, 0.5) is 15.8 Å². The maximum Gasteiger partial charge on any atom is 0.228 e. The molecule has 3 aromatic rings. The van der Waals surface area contributed by atoms with Gasteiger partial charge in [-0.2, -0.15) is 0 Å². The van der Waals surface area contributed by atoms with Gasteiger partial charge in [-0.3, -0.25) is 9.59 Å². The van der Waals surface area contributed by atoms with E-state index in [1.807, 2.05) is 33.8 Å². The number of benzene rings is 2. The number of H-pyrrole nitrogens is 1. The molecule has 28 heavy (non-hydrogen) atoms. The lowest BCUT2D eigenvalue weighted by Gasteiger charge is -2.13. The standard InChI is InChI=1S/C22H24FN3O2/c1-12(2)22(28)25-16-7-5-13(3)20(10-16)26-21(27)11-17-14(4)24-19-8-6-15(23)9-18(17)19/h5-10,12,24H,11H2,1-4H3,(H,25,28)(H,26,27). The van der Waals surface area contributed by atoms with Gasteiger partial charge < -0.3 is 15.6 Å². The van der Waals surface area contributed by atoms with Gasteiger partial charge in [0.15, 0.2) is 0 Å². The maximum absolute atomic E-state index is 13.6. The number of hydrogen-bond acceptors (Lipinski definition) is 2. The fourth-order valence-corrected chi connectivity index (χ4v) is 3.06. The number of rotatable bonds is 5. The zero-order valence-corrected chi connectivity index (χ0v) is 16.4. The van der Waals surface area contributed by atoms with E-state index in [0.29, 0.717) is 16.8 Å². The third-order valence-corrected chi connectivity index (χ3v) is 4.72. The van der Waals surface area contributed by atoms with Gasteiger partial charge in [0.2, 0.25) is 11.8 Å². The van der Waals surface area contributed by atoms with E-state index in [9.17, 15) is 14.0 Å². The molecule has 2 amide bonds. The number of carbonyl (C=O) groups is 2. The lowest BCUT2D eigenvalue weighted by Crippen LogP contribution is -2.19. The van der Waals surface area contributed by atoms with Crippen molar-refractivity contribution in [2.45, 2.75) is 34.1 Å². The van der Waals surface area contributed by atoms with Crippen LogP contribution in [0.1, 0.15) is 30.7 Å². The number of carbonyl (C=O) groups excluding carboxylic acids is 2. The molecule has 0 aliphatic heterocycles. The zero-order chi connectivity index (χ0) is 20.4. The van der Waals surface area contributed by atoms with Crippen LogP contribution in [-0.4, -0.2) is 16.8 Å². The predicted molar refractivity (Wildman–Crippen MR) is 110 cm³/mol. The van der Waals surface area contributed by atoms with Gasteiger partial charge in [0, 0.05) is 33.9 Å². The Morgan fingerprint density at radius 1 is 1.07 bits per heavy atom. The third kappa shape index (κ3) is 4.22. The molecular formula is C22H24FN3O2.